The quantitative estimate of drug-likeness (QED) is 0.810. The molecular formula is C15H25NO. The summed E-state index contributed by atoms with van der Waals surface area (Å²) in [6, 6.07) is 8.77. The highest BCUT2D eigenvalue weighted by Crippen LogP contribution is 2.36. The molecule has 0 fully saturated rings. The van der Waals surface area contributed by atoms with Gasteiger partial charge in [-0.2, -0.15) is 0 Å². The lowest BCUT2D eigenvalue weighted by Crippen LogP contribution is -2.33. The van der Waals surface area contributed by atoms with Crippen molar-refractivity contribution < 1.29 is 4.74 Å². The molecule has 1 unspecified atom stereocenters. The van der Waals surface area contributed by atoms with Gasteiger partial charge in [-0.15, -0.1) is 0 Å². The zero-order chi connectivity index (χ0) is 12.9. The number of methoxy groups -OCH3 is 1. The van der Waals surface area contributed by atoms with E-state index >= 15 is 0 Å². The second-order valence-corrected chi connectivity index (χ2v) is 5.11. The molecule has 0 saturated heterocycles. The largest absolute Gasteiger partial charge is 0.497 e. The highest BCUT2D eigenvalue weighted by molar-refractivity contribution is 5.30. The second-order valence-electron chi connectivity index (χ2n) is 5.11. The van der Waals surface area contributed by atoms with Crippen LogP contribution in [0, 0.1) is 5.41 Å². The molecule has 0 radical (unpaired) electrons. The first-order chi connectivity index (χ1) is 8.05. The summed E-state index contributed by atoms with van der Waals surface area (Å²) in [5, 5.41) is 3.59. The van der Waals surface area contributed by atoms with Crippen LogP contribution in [0.5, 0.6) is 5.75 Å². The smallest absolute Gasteiger partial charge is 0.118 e. The number of ether oxygens (including phenoxy) is 1. The Bertz CT molecular complexity index is 329. The molecule has 1 aromatic rings. The molecule has 0 bridgehead atoms. The van der Waals surface area contributed by atoms with Crippen molar-refractivity contribution in [3.63, 3.8) is 0 Å². The van der Waals surface area contributed by atoms with Gasteiger partial charge in [-0.1, -0.05) is 39.8 Å². The highest BCUT2D eigenvalue weighted by Gasteiger charge is 2.28. The molecule has 96 valence electrons. The third kappa shape index (κ3) is 3.47. The fourth-order valence-electron chi connectivity index (χ4n) is 2.05. The van der Waals surface area contributed by atoms with E-state index in [-0.39, 0.29) is 5.41 Å². The number of rotatable bonds is 6. The van der Waals surface area contributed by atoms with Gasteiger partial charge in [0.1, 0.15) is 5.75 Å². The van der Waals surface area contributed by atoms with Crippen LogP contribution in [0.15, 0.2) is 24.3 Å². The van der Waals surface area contributed by atoms with Crippen molar-refractivity contribution in [2.75, 3.05) is 13.7 Å². The van der Waals surface area contributed by atoms with Gasteiger partial charge in [0.2, 0.25) is 0 Å². The predicted molar refractivity (Wildman–Crippen MR) is 73.5 cm³/mol. The van der Waals surface area contributed by atoms with Crippen LogP contribution in [-0.2, 0) is 0 Å². The Labute approximate surface area is 105 Å². The molecule has 1 N–H and O–H groups in total. The van der Waals surface area contributed by atoms with Crippen molar-refractivity contribution in [1.82, 2.24) is 5.32 Å². The molecule has 0 aliphatic rings. The molecule has 1 rings (SSSR count). The summed E-state index contributed by atoms with van der Waals surface area (Å²) in [6.07, 6.45) is 1.15. The fraction of sp³-hybridized carbons (Fsp3) is 0.600. The Morgan fingerprint density at radius 3 is 2.18 bits per heavy atom. The lowest BCUT2D eigenvalue weighted by molar-refractivity contribution is 0.237. The van der Waals surface area contributed by atoms with E-state index in [1.807, 2.05) is 12.1 Å². The number of benzene rings is 1. The summed E-state index contributed by atoms with van der Waals surface area (Å²) in [5.74, 6) is 0.915. The van der Waals surface area contributed by atoms with Gasteiger partial charge in [-0.3, -0.25) is 0 Å². The normalized spacial score (nSPS) is 13.5. The maximum Gasteiger partial charge on any atom is 0.118 e. The summed E-state index contributed by atoms with van der Waals surface area (Å²) < 4.78 is 5.20. The summed E-state index contributed by atoms with van der Waals surface area (Å²) in [5.41, 5.74) is 1.59. The van der Waals surface area contributed by atoms with E-state index in [1.54, 1.807) is 7.11 Å². The van der Waals surface area contributed by atoms with Crippen molar-refractivity contribution in [3.8, 4) is 5.75 Å². The van der Waals surface area contributed by atoms with Crippen molar-refractivity contribution in [3.05, 3.63) is 29.8 Å². The lowest BCUT2D eigenvalue weighted by Gasteiger charge is -2.34. The molecule has 0 heterocycles. The van der Waals surface area contributed by atoms with Gasteiger partial charge in [-0.25, -0.2) is 0 Å². The van der Waals surface area contributed by atoms with Gasteiger partial charge in [-0.05, 0) is 36.1 Å². The average molecular weight is 235 g/mol. The summed E-state index contributed by atoms with van der Waals surface area (Å²) in [7, 11) is 1.70. The van der Waals surface area contributed by atoms with Gasteiger partial charge < -0.3 is 10.1 Å². The summed E-state index contributed by atoms with van der Waals surface area (Å²) >= 11 is 0. The molecule has 0 amide bonds. The Balaban J connectivity index is 2.96. The summed E-state index contributed by atoms with van der Waals surface area (Å²) in [4.78, 5) is 0. The van der Waals surface area contributed by atoms with Crippen LogP contribution >= 0.6 is 0 Å². The Morgan fingerprint density at radius 2 is 1.76 bits per heavy atom. The highest BCUT2D eigenvalue weighted by atomic mass is 16.5. The van der Waals surface area contributed by atoms with Crippen LogP contribution < -0.4 is 10.1 Å². The van der Waals surface area contributed by atoms with E-state index in [2.05, 4.69) is 45.1 Å². The Morgan fingerprint density at radius 1 is 1.18 bits per heavy atom. The minimum atomic E-state index is 0.255. The molecule has 0 aliphatic carbocycles. The molecule has 17 heavy (non-hydrogen) atoms. The van der Waals surface area contributed by atoms with Gasteiger partial charge >= 0.3 is 0 Å². The first-order valence-corrected chi connectivity index (χ1v) is 6.42. The molecule has 1 atom stereocenters. The minimum absolute atomic E-state index is 0.255. The third-order valence-electron chi connectivity index (χ3n) is 3.55. The van der Waals surface area contributed by atoms with Gasteiger partial charge in [0.15, 0.2) is 0 Å². The standard InChI is InChI=1S/C15H25NO/c1-6-15(3,4)14(16-7-2)12-8-10-13(17-5)11-9-12/h8-11,14,16H,6-7H2,1-5H3. The maximum absolute atomic E-state index is 5.20. The molecule has 1 aromatic carbocycles. The average Bonchev–Trinajstić information content (AvgIpc) is 2.36. The van der Waals surface area contributed by atoms with Crippen molar-refractivity contribution in [1.29, 1.82) is 0 Å². The van der Waals surface area contributed by atoms with E-state index in [1.165, 1.54) is 5.56 Å². The molecule has 0 spiro atoms. The zero-order valence-electron chi connectivity index (χ0n) is 11.7. The molecule has 0 saturated carbocycles. The molecular weight excluding hydrogens is 210 g/mol. The number of hydrogen-bond acceptors (Lipinski definition) is 2. The van der Waals surface area contributed by atoms with Crippen LogP contribution in [-0.4, -0.2) is 13.7 Å². The van der Waals surface area contributed by atoms with Gasteiger partial charge in [0.25, 0.3) is 0 Å². The van der Waals surface area contributed by atoms with Crippen molar-refractivity contribution in [2.45, 2.75) is 40.2 Å². The molecule has 0 aromatic heterocycles. The van der Waals surface area contributed by atoms with Crippen LogP contribution in [0.25, 0.3) is 0 Å². The van der Waals surface area contributed by atoms with E-state index in [4.69, 9.17) is 4.74 Å². The second kappa shape index (κ2) is 6.06. The first-order valence-electron chi connectivity index (χ1n) is 6.42. The van der Waals surface area contributed by atoms with Crippen molar-refractivity contribution in [2.24, 2.45) is 5.41 Å². The van der Waals surface area contributed by atoms with Crippen LogP contribution in [0.3, 0.4) is 0 Å². The number of nitrogens with one attached hydrogen (secondary N) is 1. The van der Waals surface area contributed by atoms with Crippen LogP contribution in [0.1, 0.15) is 45.7 Å². The Kier molecular flexibility index (Phi) is 5.01. The van der Waals surface area contributed by atoms with E-state index < -0.39 is 0 Å². The van der Waals surface area contributed by atoms with Crippen LogP contribution in [0.4, 0.5) is 0 Å². The minimum Gasteiger partial charge on any atom is -0.497 e. The third-order valence-corrected chi connectivity index (χ3v) is 3.55. The van der Waals surface area contributed by atoms with Gasteiger partial charge in [0.05, 0.1) is 7.11 Å². The van der Waals surface area contributed by atoms with E-state index in [0.29, 0.717) is 6.04 Å². The van der Waals surface area contributed by atoms with E-state index in [9.17, 15) is 0 Å². The predicted octanol–water partition coefficient (Wildman–Crippen LogP) is 3.78. The monoisotopic (exact) mass is 235 g/mol. The Hall–Kier alpha value is -1.02. The van der Waals surface area contributed by atoms with E-state index in [0.717, 1.165) is 18.7 Å². The molecule has 0 aliphatic heterocycles. The summed E-state index contributed by atoms with van der Waals surface area (Å²) in [6.45, 7) is 10.0. The zero-order valence-corrected chi connectivity index (χ0v) is 11.7. The van der Waals surface area contributed by atoms with Crippen LogP contribution in [0.2, 0.25) is 0 Å². The van der Waals surface area contributed by atoms with Crippen molar-refractivity contribution >= 4 is 0 Å². The molecule has 2 heteroatoms. The first kappa shape index (κ1) is 14.0. The van der Waals surface area contributed by atoms with Gasteiger partial charge in [0, 0.05) is 6.04 Å². The fourth-order valence-corrected chi connectivity index (χ4v) is 2.05. The topological polar surface area (TPSA) is 21.3 Å². The number of hydrogen-bond donors (Lipinski definition) is 1. The SMILES string of the molecule is CCNC(c1ccc(OC)cc1)C(C)(C)CC. The molecule has 2 nitrogen and oxygen atoms in total. The maximum atomic E-state index is 5.20. The lowest BCUT2D eigenvalue weighted by atomic mass is 9.78.